The molecule has 0 unspecified atom stereocenters. The molecule has 0 aliphatic carbocycles. The molecule has 40 heavy (non-hydrogen) atoms. The van der Waals surface area contributed by atoms with Gasteiger partial charge in [0.15, 0.2) is 5.75 Å². The lowest BCUT2D eigenvalue weighted by molar-refractivity contribution is -0.884. The van der Waals surface area contributed by atoms with Gasteiger partial charge in [0.1, 0.15) is 6.54 Å². The molecule has 0 spiro atoms. The van der Waals surface area contributed by atoms with Gasteiger partial charge in [0.2, 0.25) is 0 Å². The van der Waals surface area contributed by atoms with Gasteiger partial charge in [-0.15, -0.1) is 0 Å². The molecule has 4 nitrogen and oxygen atoms in total. The summed E-state index contributed by atoms with van der Waals surface area (Å²) in [5.74, 6) is 14.2. The van der Waals surface area contributed by atoms with E-state index in [1.54, 1.807) is 24.8 Å². The van der Waals surface area contributed by atoms with Gasteiger partial charge in [-0.1, -0.05) is 88.4 Å². The predicted molar refractivity (Wildman–Crippen MR) is 166 cm³/mol. The molecule has 0 radical (unpaired) electrons. The number of aromatic nitrogens is 2. The third-order valence-corrected chi connectivity index (χ3v) is 6.59. The van der Waals surface area contributed by atoms with E-state index in [4.69, 9.17) is 4.74 Å². The van der Waals surface area contributed by atoms with Crippen LogP contribution in [0.15, 0.2) is 61.2 Å². The summed E-state index contributed by atoms with van der Waals surface area (Å²) in [5.41, 5.74) is 4.81. The van der Waals surface area contributed by atoms with Gasteiger partial charge in [0.25, 0.3) is 0 Å². The average Bonchev–Trinajstić information content (AvgIpc) is 2.94. The molecular formula is C36H46N3O+. The van der Waals surface area contributed by atoms with Gasteiger partial charge in [-0.25, -0.2) is 0 Å². The van der Waals surface area contributed by atoms with Gasteiger partial charge in [-0.2, -0.15) is 0 Å². The molecule has 2 heterocycles. The van der Waals surface area contributed by atoms with Crippen molar-refractivity contribution in [2.24, 2.45) is 0 Å². The number of nitrogens with zero attached hydrogens (tertiary/aromatic N) is 3. The quantitative estimate of drug-likeness (QED) is 0.120. The SMILES string of the molecule is CCCCCCCCCCCCOc1c(C#Cc2ccncc2)cc(C[N+](C)(C)C)cc1C#Cc1ccncc1. The summed E-state index contributed by atoms with van der Waals surface area (Å²) in [6.07, 6.45) is 20.1. The Kier molecular flexibility index (Phi) is 13.3. The van der Waals surface area contributed by atoms with E-state index in [2.05, 4.69) is 73.8 Å². The minimum atomic E-state index is 0.666. The summed E-state index contributed by atoms with van der Waals surface area (Å²) in [6.45, 7) is 3.81. The Morgan fingerprint density at radius 1 is 0.625 bits per heavy atom. The topological polar surface area (TPSA) is 35.0 Å². The summed E-state index contributed by atoms with van der Waals surface area (Å²) in [7, 11) is 6.58. The molecule has 1 aromatic carbocycles. The maximum atomic E-state index is 6.47. The van der Waals surface area contributed by atoms with E-state index in [0.717, 1.165) is 45.5 Å². The van der Waals surface area contributed by atoms with Crippen LogP contribution in [0.1, 0.15) is 98.9 Å². The van der Waals surface area contributed by atoms with Crippen LogP contribution in [-0.4, -0.2) is 42.2 Å². The van der Waals surface area contributed by atoms with Crippen LogP contribution in [0.25, 0.3) is 0 Å². The Labute approximate surface area is 242 Å². The minimum absolute atomic E-state index is 0.666. The molecule has 3 aromatic rings. The zero-order valence-electron chi connectivity index (χ0n) is 25.0. The Morgan fingerprint density at radius 2 is 1.07 bits per heavy atom. The molecule has 0 bridgehead atoms. The lowest BCUT2D eigenvalue weighted by Gasteiger charge is -2.24. The number of benzene rings is 1. The lowest BCUT2D eigenvalue weighted by atomic mass is 10.0. The highest BCUT2D eigenvalue weighted by Crippen LogP contribution is 2.27. The molecule has 0 saturated carbocycles. The van der Waals surface area contributed by atoms with Crippen molar-refractivity contribution in [3.8, 4) is 29.4 Å². The second-order valence-corrected chi connectivity index (χ2v) is 11.5. The van der Waals surface area contributed by atoms with Crippen LogP contribution in [0.4, 0.5) is 0 Å². The molecule has 3 rings (SSSR count). The van der Waals surface area contributed by atoms with E-state index in [1.807, 2.05) is 24.3 Å². The molecule has 0 aliphatic heterocycles. The van der Waals surface area contributed by atoms with Gasteiger partial charge in [0, 0.05) is 41.5 Å². The first-order valence-corrected chi connectivity index (χ1v) is 14.9. The number of rotatable bonds is 14. The fourth-order valence-corrected chi connectivity index (χ4v) is 4.58. The monoisotopic (exact) mass is 536 g/mol. The molecule has 2 aromatic heterocycles. The standard InChI is InChI=1S/C36H46N3O/c1-5-6-7-8-9-10-11-12-13-14-27-40-36-34(17-15-31-19-23-37-24-20-31)28-33(30-39(2,3)4)29-35(36)18-16-32-21-25-38-26-22-32/h19-26,28-29H,5-14,27,30H2,1-4H3/q+1. The van der Waals surface area contributed by atoms with Crippen LogP contribution in [0, 0.1) is 23.7 Å². The van der Waals surface area contributed by atoms with Crippen molar-refractivity contribution < 1.29 is 9.22 Å². The second kappa shape index (κ2) is 17.2. The van der Waals surface area contributed by atoms with Gasteiger partial charge in [-0.05, 0) is 42.8 Å². The lowest BCUT2D eigenvalue weighted by Crippen LogP contribution is -2.33. The Morgan fingerprint density at radius 3 is 1.52 bits per heavy atom. The van der Waals surface area contributed by atoms with Gasteiger partial charge in [-0.3, -0.25) is 9.97 Å². The van der Waals surface area contributed by atoms with Gasteiger partial charge in [0.05, 0.1) is 38.9 Å². The number of quaternary nitrogens is 1. The highest BCUT2D eigenvalue weighted by molar-refractivity contribution is 5.60. The summed E-state index contributed by atoms with van der Waals surface area (Å²) in [4.78, 5) is 8.23. The first-order valence-electron chi connectivity index (χ1n) is 14.9. The zero-order valence-corrected chi connectivity index (χ0v) is 25.0. The summed E-state index contributed by atoms with van der Waals surface area (Å²) < 4.78 is 7.28. The van der Waals surface area contributed by atoms with E-state index in [1.165, 1.54) is 63.4 Å². The van der Waals surface area contributed by atoms with E-state index in [9.17, 15) is 0 Å². The van der Waals surface area contributed by atoms with Crippen molar-refractivity contribution in [2.45, 2.75) is 77.7 Å². The van der Waals surface area contributed by atoms with Crippen LogP contribution in [0.5, 0.6) is 5.75 Å². The fraction of sp³-hybridized carbons (Fsp3) is 0.444. The average molecular weight is 537 g/mol. The smallest absolute Gasteiger partial charge is 0.150 e. The van der Waals surface area contributed by atoms with Crippen molar-refractivity contribution in [3.63, 3.8) is 0 Å². The van der Waals surface area contributed by atoms with Crippen LogP contribution in [0.2, 0.25) is 0 Å². The molecule has 0 N–H and O–H groups in total. The number of pyridine rings is 2. The predicted octanol–water partition coefficient (Wildman–Crippen LogP) is 7.78. The number of unbranched alkanes of at least 4 members (excludes halogenated alkanes) is 9. The highest BCUT2D eigenvalue weighted by Gasteiger charge is 2.15. The van der Waals surface area contributed by atoms with Crippen molar-refractivity contribution in [1.29, 1.82) is 0 Å². The maximum absolute atomic E-state index is 6.47. The first kappa shape index (κ1) is 30.9. The molecule has 4 heteroatoms. The largest absolute Gasteiger partial charge is 0.491 e. The second-order valence-electron chi connectivity index (χ2n) is 11.5. The number of hydrogen-bond acceptors (Lipinski definition) is 3. The first-order chi connectivity index (χ1) is 19.4. The summed E-state index contributed by atoms with van der Waals surface area (Å²) >= 11 is 0. The number of hydrogen-bond donors (Lipinski definition) is 0. The third kappa shape index (κ3) is 12.1. The molecule has 0 amide bonds. The zero-order chi connectivity index (χ0) is 28.5. The van der Waals surface area contributed by atoms with E-state index < -0.39 is 0 Å². The van der Waals surface area contributed by atoms with Crippen LogP contribution in [-0.2, 0) is 6.54 Å². The van der Waals surface area contributed by atoms with Crippen LogP contribution in [0.3, 0.4) is 0 Å². The van der Waals surface area contributed by atoms with Crippen LogP contribution >= 0.6 is 0 Å². The summed E-state index contributed by atoms with van der Waals surface area (Å²) in [5, 5.41) is 0. The van der Waals surface area contributed by atoms with E-state index in [-0.39, 0.29) is 0 Å². The Balaban J connectivity index is 1.78. The third-order valence-electron chi connectivity index (χ3n) is 6.59. The number of ether oxygens (including phenoxy) is 1. The fourth-order valence-electron chi connectivity index (χ4n) is 4.58. The van der Waals surface area contributed by atoms with Crippen molar-refractivity contribution in [3.05, 3.63) is 89.0 Å². The van der Waals surface area contributed by atoms with Crippen molar-refractivity contribution in [2.75, 3.05) is 27.7 Å². The molecule has 0 atom stereocenters. The normalized spacial score (nSPS) is 10.8. The molecule has 0 aliphatic rings. The van der Waals surface area contributed by atoms with Gasteiger partial charge >= 0.3 is 0 Å². The highest BCUT2D eigenvalue weighted by atomic mass is 16.5. The molecule has 0 saturated heterocycles. The van der Waals surface area contributed by atoms with E-state index >= 15 is 0 Å². The van der Waals surface area contributed by atoms with Crippen LogP contribution < -0.4 is 4.74 Å². The maximum Gasteiger partial charge on any atom is 0.150 e. The molecule has 210 valence electrons. The van der Waals surface area contributed by atoms with Crippen molar-refractivity contribution in [1.82, 2.24) is 9.97 Å². The Hall–Kier alpha value is -3.60. The molecular weight excluding hydrogens is 490 g/mol. The van der Waals surface area contributed by atoms with Crippen molar-refractivity contribution >= 4 is 0 Å². The van der Waals surface area contributed by atoms with Gasteiger partial charge < -0.3 is 9.22 Å². The summed E-state index contributed by atoms with van der Waals surface area (Å²) in [6, 6.07) is 12.1. The van der Waals surface area contributed by atoms with E-state index in [0.29, 0.717) is 6.61 Å². The Bertz CT molecular complexity index is 1190. The molecule has 0 fully saturated rings. The minimum Gasteiger partial charge on any atom is -0.491 e.